The molecule has 0 aliphatic carbocycles. The number of Topliss-reactive ketones (excluding diaryl/α,β-unsaturated/α-hetero) is 1. The minimum absolute atomic E-state index is 0. The van der Waals surface area contributed by atoms with E-state index in [1.165, 1.54) is 18.2 Å². The first kappa shape index (κ1) is 26.6. The van der Waals surface area contributed by atoms with Crippen molar-refractivity contribution >= 4 is 40.6 Å². The van der Waals surface area contributed by atoms with Gasteiger partial charge >= 0.3 is 0 Å². The molecule has 2 amide bonds. The number of hydrogen-bond acceptors (Lipinski definition) is 3. The van der Waals surface area contributed by atoms with Gasteiger partial charge in [-0.3, -0.25) is 14.4 Å². The molecular formula is C26H23ClMnN2O5-4. The summed E-state index contributed by atoms with van der Waals surface area (Å²) in [6.07, 6.45) is -0.166. The van der Waals surface area contributed by atoms with E-state index in [1.807, 2.05) is 19.1 Å². The van der Waals surface area contributed by atoms with E-state index in [1.54, 1.807) is 37.3 Å². The van der Waals surface area contributed by atoms with Crippen LogP contribution < -0.4 is 10.2 Å². The van der Waals surface area contributed by atoms with Crippen LogP contribution in [-0.2, 0) is 28.0 Å². The van der Waals surface area contributed by atoms with Gasteiger partial charge in [0.05, 0.1) is 5.69 Å². The number of carbonyl (C=O) groups is 3. The fraction of sp³-hybridized carbons (Fsp3) is 0.192. The van der Waals surface area contributed by atoms with Crippen LogP contribution in [0.3, 0.4) is 0 Å². The molecule has 0 spiro atoms. The Bertz CT molecular complexity index is 1340. The summed E-state index contributed by atoms with van der Waals surface area (Å²) in [6.45, 7) is 1.50. The first-order valence-corrected chi connectivity index (χ1v) is 10.6. The van der Waals surface area contributed by atoms with E-state index >= 15 is 0 Å². The molecule has 0 unspecified atom stereocenters. The molecule has 1 aliphatic rings. The third-order valence-electron chi connectivity index (χ3n) is 5.43. The molecule has 0 saturated heterocycles. The second kappa shape index (κ2) is 12.6. The second-order valence-corrected chi connectivity index (χ2v) is 8.12. The van der Waals surface area contributed by atoms with Gasteiger partial charge in [0.1, 0.15) is 0 Å². The normalized spacial score (nSPS) is 14.5. The third-order valence-corrected chi connectivity index (χ3v) is 5.66. The van der Waals surface area contributed by atoms with Gasteiger partial charge in [0.25, 0.3) is 11.8 Å². The molecule has 35 heavy (non-hydrogen) atoms. The molecule has 0 aromatic heterocycles. The van der Waals surface area contributed by atoms with Crippen molar-refractivity contribution in [3.8, 4) is 0 Å². The quantitative estimate of drug-likeness (QED) is 0.439. The Morgan fingerprint density at radius 1 is 0.971 bits per heavy atom. The van der Waals surface area contributed by atoms with Gasteiger partial charge in [-0.2, -0.15) is 0 Å². The van der Waals surface area contributed by atoms with Crippen molar-refractivity contribution in [2.75, 3.05) is 16.7 Å². The van der Waals surface area contributed by atoms with Crippen LogP contribution in [0.15, 0.2) is 60.7 Å². The number of aryl methyl sites for hydroxylation is 2. The van der Waals surface area contributed by atoms with E-state index < -0.39 is 12.4 Å². The Kier molecular flexibility index (Phi) is 9.60. The Hall–Kier alpha value is -3.00. The van der Waals surface area contributed by atoms with Gasteiger partial charge in [-0.1, -0.05) is 29.8 Å². The van der Waals surface area contributed by atoms with Crippen molar-refractivity contribution in [3.05, 3.63) is 93.5 Å². The first-order valence-electron chi connectivity index (χ1n) is 11.2. The summed E-state index contributed by atoms with van der Waals surface area (Å²) < 4.78 is 17.1. The van der Waals surface area contributed by atoms with Crippen LogP contribution in [0.2, 0.25) is 5.02 Å². The van der Waals surface area contributed by atoms with E-state index in [9.17, 15) is 14.4 Å². The van der Waals surface area contributed by atoms with Crippen LogP contribution in [0.1, 0.15) is 57.8 Å². The number of nitrogens with zero attached hydrogens (tertiary/aromatic N) is 1. The maximum atomic E-state index is 13.6. The van der Waals surface area contributed by atoms with Crippen LogP contribution >= 0.6 is 11.6 Å². The zero-order chi connectivity index (χ0) is 24.6. The van der Waals surface area contributed by atoms with Gasteiger partial charge in [0, 0.05) is 60.1 Å². The van der Waals surface area contributed by atoms with Gasteiger partial charge in [-0.05, 0) is 73.9 Å². The molecule has 4 rings (SSSR count). The number of amides is 2. The number of halogens is 1. The average Bonchev–Trinajstić information content (AvgIpc) is 2.87. The monoisotopic (exact) mass is 535 g/mol. The minimum Gasteiger partial charge on any atom is -2.00 e. The zero-order valence-electron chi connectivity index (χ0n) is 20.9. The standard InChI is InChI=1S/C26H23ClN2O3.Mn.2O/c1-16-6-3-4-7-20(16)25(31)28-19-10-11-21(17(2)14-19)26(32)29-13-5-8-24(30)22-15-18(27)9-12-23(22)29;;;/h3-4,6-7,9-12,14-15H,5,8,13H2,1-2H3,(H,28,31);;;/q;;2*-2/i13D2;;;. The zero-order valence-corrected chi connectivity index (χ0v) is 20.9. The van der Waals surface area contributed by atoms with E-state index in [2.05, 4.69) is 5.32 Å². The summed E-state index contributed by atoms with van der Waals surface area (Å²) in [5.74, 6) is -1.09. The fourth-order valence-electron chi connectivity index (χ4n) is 3.74. The van der Waals surface area contributed by atoms with Crippen molar-refractivity contribution in [1.29, 1.82) is 0 Å². The molecule has 0 bridgehead atoms. The van der Waals surface area contributed by atoms with Crippen LogP contribution in [0, 0.1) is 13.8 Å². The SMILES string of the molecule is [2H]C1([2H])CCC(=O)c2cc(Cl)ccc2N1C(=O)c1ccc(NC(=O)c2ccccc2C)cc1C.[Mn].[O-2].[O-2]. The Balaban J connectivity index is 0.00000228. The summed E-state index contributed by atoms with van der Waals surface area (Å²) in [5.41, 5.74) is 3.17. The molecule has 1 heterocycles. The van der Waals surface area contributed by atoms with Crippen molar-refractivity contribution in [1.82, 2.24) is 0 Å². The molecular weight excluding hydrogens is 511 g/mol. The number of nitrogens with one attached hydrogen (secondary N) is 1. The molecule has 9 heteroatoms. The molecule has 1 radical (unpaired) electrons. The number of carbonyl (C=O) groups excluding carboxylic acids is 3. The maximum Gasteiger partial charge on any atom is 0.258 e. The smallest absolute Gasteiger partial charge is 0.258 e. The summed E-state index contributed by atoms with van der Waals surface area (Å²) in [6, 6.07) is 16.6. The van der Waals surface area contributed by atoms with Crippen LogP contribution in [0.4, 0.5) is 11.4 Å². The van der Waals surface area contributed by atoms with E-state index in [0.717, 1.165) is 10.5 Å². The number of anilines is 2. The van der Waals surface area contributed by atoms with Gasteiger partial charge in [-0.15, -0.1) is 0 Å². The number of fused-ring (bicyclic) bond motifs is 1. The molecule has 3 aromatic rings. The van der Waals surface area contributed by atoms with E-state index in [0.29, 0.717) is 21.8 Å². The fourth-order valence-corrected chi connectivity index (χ4v) is 3.91. The third kappa shape index (κ3) is 6.36. The minimum atomic E-state index is -2.07. The Morgan fingerprint density at radius 3 is 2.37 bits per heavy atom. The van der Waals surface area contributed by atoms with Gasteiger partial charge < -0.3 is 21.2 Å². The molecule has 185 valence electrons. The number of rotatable bonds is 3. The van der Waals surface area contributed by atoms with Crippen molar-refractivity contribution < 1.29 is 45.1 Å². The molecule has 3 aromatic carbocycles. The van der Waals surface area contributed by atoms with Crippen molar-refractivity contribution in [2.24, 2.45) is 0 Å². The number of benzene rings is 3. The predicted molar refractivity (Wildman–Crippen MR) is 128 cm³/mol. The Morgan fingerprint density at radius 2 is 1.69 bits per heavy atom. The van der Waals surface area contributed by atoms with Gasteiger partial charge in [-0.25, -0.2) is 0 Å². The van der Waals surface area contributed by atoms with Crippen LogP contribution in [0.5, 0.6) is 0 Å². The van der Waals surface area contributed by atoms with Crippen LogP contribution in [0.25, 0.3) is 0 Å². The Labute approximate surface area is 222 Å². The molecule has 1 N–H and O–H groups in total. The summed E-state index contributed by atoms with van der Waals surface area (Å²) in [5, 5.41) is 3.18. The molecule has 7 nitrogen and oxygen atoms in total. The molecule has 0 fully saturated rings. The average molecular weight is 536 g/mol. The summed E-state index contributed by atoms with van der Waals surface area (Å²) in [4.78, 5) is 39.9. The number of hydrogen-bond donors (Lipinski definition) is 1. The van der Waals surface area contributed by atoms with E-state index in [-0.39, 0.29) is 69.4 Å². The molecule has 0 saturated carbocycles. The first-order chi connectivity index (χ1) is 16.1. The topological polar surface area (TPSA) is 123 Å². The summed E-state index contributed by atoms with van der Waals surface area (Å²) >= 11 is 6.06. The number of ketones is 1. The van der Waals surface area contributed by atoms with Gasteiger partial charge in [0.15, 0.2) is 5.78 Å². The summed E-state index contributed by atoms with van der Waals surface area (Å²) in [7, 11) is 0. The van der Waals surface area contributed by atoms with Crippen molar-refractivity contribution in [2.45, 2.75) is 26.7 Å². The molecule has 1 aliphatic heterocycles. The molecule has 0 atom stereocenters. The van der Waals surface area contributed by atoms with Gasteiger partial charge in [0.2, 0.25) is 0 Å². The van der Waals surface area contributed by atoms with E-state index in [4.69, 9.17) is 14.3 Å². The second-order valence-electron chi connectivity index (χ2n) is 7.68. The van der Waals surface area contributed by atoms with Crippen LogP contribution in [-0.4, -0.2) is 24.1 Å². The van der Waals surface area contributed by atoms with Crippen molar-refractivity contribution in [3.63, 3.8) is 0 Å². The maximum absolute atomic E-state index is 13.6. The largest absolute Gasteiger partial charge is 2.00 e. The predicted octanol–water partition coefficient (Wildman–Crippen LogP) is 5.59.